The monoisotopic (exact) mass is 408 g/mol. The van der Waals surface area contributed by atoms with E-state index in [4.69, 9.17) is 0 Å². The molecular weight excluding hydrogens is 399 g/mol. The molecule has 3 aromatic rings. The van der Waals surface area contributed by atoms with Gasteiger partial charge in [0.25, 0.3) is 0 Å². The van der Waals surface area contributed by atoms with Crippen LogP contribution in [0, 0.1) is 0 Å². The summed E-state index contributed by atoms with van der Waals surface area (Å²) >= 11 is 3.37. The Kier molecular flexibility index (Phi) is 3.06. The van der Waals surface area contributed by atoms with E-state index in [-0.39, 0.29) is 20.9 Å². The van der Waals surface area contributed by atoms with Crippen LogP contribution in [0.4, 0.5) is 11.4 Å². The summed E-state index contributed by atoms with van der Waals surface area (Å²) in [5, 5.41) is 6.19. The van der Waals surface area contributed by atoms with Crippen LogP contribution in [0.2, 0.25) is 0 Å². The van der Waals surface area contributed by atoms with E-state index in [0.717, 1.165) is 32.4 Å². The van der Waals surface area contributed by atoms with Crippen molar-refractivity contribution in [2.24, 2.45) is 0 Å². The molecule has 1 aliphatic heterocycles. The maximum absolute atomic E-state index is 12.2. The molecule has 1 aliphatic rings. The number of carbonyl (C=O) groups excluding carboxylic acids is 1. The minimum atomic E-state index is -0.410. The van der Waals surface area contributed by atoms with Crippen LogP contribution in [-0.2, 0) is 4.79 Å². The Hall–Kier alpha value is -1.69. The van der Waals surface area contributed by atoms with Gasteiger partial charge in [0.1, 0.15) is 0 Å². The predicted molar refractivity (Wildman–Crippen MR) is 85.6 cm³/mol. The molecule has 1 amide bonds. The number of halogens is 1. The number of rotatable bonds is 2. The van der Waals surface area contributed by atoms with Crippen molar-refractivity contribution in [2.45, 2.75) is 6.04 Å². The van der Waals surface area contributed by atoms with Crippen LogP contribution in [0.1, 0.15) is 11.6 Å². The number of benzene rings is 2. The Morgan fingerprint density at radius 1 is 1.24 bits per heavy atom. The summed E-state index contributed by atoms with van der Waals surface area (Å²) in [6.07, 6.45) is 0. The van der Waals surface area contributed by atoms with Gasteiger partial charge in [-0.1, -0.05) is 0 Å². The molecule has 0 spiro atoms. The van der Waals surface area contributed by atoms with Crippen molar-refractivity contribution in [3.8, 4) is 0 Å². The average Bonchev–Trinajstić information content (AvgIpc) is 3.05. The molecule has 2 N–H and O–H groups in total. The van der Waals surface area contributed by atoms with Gasteiger partial charge in [-0.25, -0.2) is 0 Å². The zero-order valence-electron chi connectivity index (χ0n) is 10.6. The molecular formula is C14H9BrN4OSe. The third-order valence-electron chi connectivity index (χ3n) is 3.43. The number of hydrogen-bond acceptors (Lipinski definition) is 4. The fourth-order valence-electron chi connectivity index (χ4n) is 2.45. The van der Waals surface area contributed by atoms with Gasteiger partial charge in [-0.05, 0) is 0 Å². The standard InChI is InChI=1S/C14H9BrN4OSe/c15-7-4-5-9-8(6-7)12(14(20)17-9)16-10-2-1-3-11-13(10)19-21-18-11/h1-6,12,16H,(H,17,20). The van der Waals surface area contributed by atoms with Crippen LogP contribution in [0.15, 0.2) is 40.9 Å². The van der Waals surface area contributed by atoms with Crippen LogP contribution in [-0.4, -0.2) is 28.8 Å². The molecule has 1 unspecified atom stereocenters. The summed E-state index contributed by atoms with van der Waals surface area (Å²) in [4.78, 5) is 12.2. The van der Waals surface area contributed by atoms with Gasteiger partial charge in [0, 0.05) is 0 Å². The zero-order chi connectivity index (χ0) is 14.4. The first-order valence-corrected chi connectivity index (χ1v) is 8.63. The number of aromatic nitrogens is 2. The van der Waals surface area contributed by atoms with Crippen molar-refractivity contribution >= 4 is 59.2 Å². The number of amides is 1. The molecule has 7 heteroatoms. The first-order chi connectivity index (χ1) is 10.2. The molecule has 104 valence electrons. The second-order valence-electron chi connectivity index (χ2n) is 4.74. The fourth-order valence-corrected chi connectivity index (χ4v) is 3.99. The van der Waals surface area contributed by atoms with E-state index in [1.165, 1.54) is 0 Å². The van der Waals surface area contributed by atoms with E-state index in [9.17, 15) is 4.79 Å². The molecule has 2 heterocycles. The summed E-state index contributed by atoms with van der Waals surface area (Å²) in [6.45, 7) is 0. The normalized spacial score (nSPS) is 16.8. The maximum atomic E-state index is 12.2. The Bertz CT molecular complexity index is 863. The number of carbonyl (C=O) groups is 1. The molecule has 1 atom stereocenters. The molecule has 2 aromatic carbocycles. The van der Waals surface area contributed by atoms with Crippen LogP contribution in [0.5, 0.6) is 0 Å². The first-order valence-electron chi connectivity index (χ1n) is 6.30. The molecule has 4 rings (SSSR count). The second kappa shape index (κ2) is 4.94. The van der Waals surface area contributed by atoms with E-state index in [1.54, 1.807) is 0 Å². The number of hydrogen-bond donors (Lipinski definition) is 2. The van der Waals surface area contributed by atoms with Crippen molar-refractivity contribution in [1.82, 2.24) is 7.96 Å². The average molecular weight is 408 g/mol. The Balaban J connectivity index is 1.77. The summed E-state index contributed by atoms with van der Waals surface area (Å²) in [5.74, 6) is -0.0545. The van der Waals surface area contributed by atoms with Gasteiger partial charge in [-0.15, -0.1) is 0 Å². The third kappa shape index (κ3) is 2.18. The van der Waals surface area contributed by atoms with Crippen LogP contribution < -0.4 is 10.6 Å². The fraction of sp³-hybridized carbons (Fsp3) is 0.0714. The summed E-state index contributed by atoms with van der Waals surface area (Å²) < 4.78 is 9.74. The SMILES string of the molecule is O=C1Nc2ccc(Br)cc2C1Nc1cccc2n[se]nc12. The van der Waals surface area contributed by atoms with E-state index in [0.29, 0.717) is 0 Å². The van der Waals surface area contributed by atoms with Gasteiger partial charge in [-0.2, -0.15) is 0 Å². The molecule has 1 aromatic heterocycles. The second-order valence-corrected chi connectivity index (χ2v) is 6.76. The Morgan fingerprint density at radius 2 is 2.14 bits per heavy atom. The van der Waals surface area contributed by atoms with Gasteiger partial charge in [0.2, 0.25) is 0 Å². The van der Waals surface area contributed by atoms with E-state index < -0.39 is 6.04 Å². The Morgan fingerprint density at radius 3 is 3.05 bits per heavy atom. The van der Waals surface area contributed by atoms with Gasteiger partial charge in [0.05, 0.1) is 0 Å². The summed E-state index contributed by atoms with van der Waals surface area (Å²) in [7, 11) is 0. The molecule has 0 fully saturated rings. The van der Waals surface area contributed by atoms with Crippen molar-refractivity contribution in [2.75, 3.05) is 10.6 Å². The Labute approximate surface area is 135 Å². The quantitative estimate of drug-likeness (QED) is 0.640. The van der Waals surface area contributed by atoms with Gasteiger partial charge in [-0.3, -0.25) is 0 Å². The van der Waals surface area contributed by atoms with E-state index >= 15 is 0 Å². The number of nitrogens with one attached hydrogen (secondary N) is 2. The number of fused-ring (bicyclic) bond motifs is 2. The minimum absolute atomic E-state index is 0.0545. The number of anilines is 2. The van der Waals surface area contributed by atoms with Crippen molar-refractivity contribution in [3.63, 3.8) is 0 Å². The first kappa shape index (κ1) is 13.0. The van der Waals surface area contributed by atoms with Gasteiger partial charge < -0.3 is 0 Å². The van der Waals surface area contributed by atoms with Crippen molar-refractivity contribution in [3.05, 3.63) is 46.4 Å². The van der Waals surface area contributed by atoms with Gasteiger partial charge in [0.15, 0.2) is 0 Å². The molecule has 0 saturated heterocycles. The van der Waals surface area contributed by atoms with Crippen LogP contribution >= 0.6 is 15.9 Å². The van der Waals surface area contributed by atoms with Crippen LogP contribution in [0.3, 0.4) is 0 Å². The predicted octanol–water partition coefficient (Wildman–Crippen LogP) is 2.55. The topological polar surface area (TPSA) is 66.9 Å². The van der Waals surface area contributed by atoms with Crippen molar-refractivity contribution < 1.29 is 4.79 Å². The molecule has 0 aliphatic carbocycles. The summed E-state index contributed by atoms with van der Waals surface area (Å²) in [5.41, 5.74) is 4.39. The van der Waals surface area contributed by atoms with E-state index in [2.05, 4.69) is 34.5 Å². The number of nitrogens with zero attached hydrogens (tertiary/aromatic N) is 2. The van der Waals surface area contributed by atoms with Crippen LogP contribution in [0.25, 0.3) is 11.0 Å². The van der Waals surface area contributed by atoms with Crippen molar-refractivity contribution in [1.29, 1.82) is 0 Å². The summed E-state index contributed by atoms with van der Waals surface area (Å²) in [6, 6.07) is 11.2. The molecule has 0 radical (unpaired) electrons. The van der Waals surface area contributed by atoms with Gasteiger partial charge >= 0.3 is 135 Å². The molecule has 5 nitrogen and oxygen atoms in total. The van der Waals surface area contributed by atoms with E-state index in [1.807, 2.05) is 36.4 Å². The zero-order valence-corrected chi connectivity index (χ0v) is 13.9. The molecule has 0 saturated carbocycles. The third-order valence-corrected chi connectivity index (χ3v) is 5.06. The molecule has 0 bridgehead atoms. The molecule has 21 heavy (non-hydrogen) atoms.